The second-order valence-electron chi connectivity index (χ2n) is 4.80. The average Bonchev–Trinajstić information content (AvgIpc) is 2.32. The molecular weight excluding hydrogens is 231 g/mol. The first-order valence-electron chi connectivity index (χ1n) is 6.37. The third-order valence-electron chi connectivity index (χ3n) is 2.96. The molecular formula is C14H23FN2O. The molecule has 18 heavy (non-hydrogen) atoms. The van der Waals surface area contributed by atoms with E-state index in [0.29, 0.717) is 12.1 Å². The SMILES string of the molecule is CCN(CCCN(C)C)Cc1cc(F)ccc1O. The second-order valence-corrected chi connectivity index (χ2v) is 4.80. The van der Waals surface area contributed by atoms with E-state index >= 15 is 0 Å². The highest BCUT2D eigenvalue weighted by Gasteiger charge is 2.08. The lowest BCUT2D eigenvalue weighted by Gasteiger charge is -2.22. The Balaban J connectivity index is 2.54. The highest BCUT2D eigenvalue weighted by molar-refractivity contribution is 5.32. The Morgan fingerprint density at radius 1 is 1.22 bits per heavy atom. The van der Waals surface area contributed by atoms with Crippen molar-refractivity contribution >= 4 is 0 Å². The van der Waals surface area contributed by atoms with Gasteiger partial charge < -0.3 is 10.0 Å². The Labute approximate surface area is 109 Å². The molecule has 0 saturated carbocycles. The molecule has 4 heteroatoms. The smallest absolute Gasteiger partial charge is 0.123 e. The summed E-state index contributed by atoms with van der Waals surface area (Å²) >= 11 is 0. The van der Waals surface area contributed by atoms with Crippen molar-refractivity contribution in [2.45, 2.75) is 19.9 Å². The monoisotopic (exact) mass is 254 g/mol. The van der Waals surface area contributed by atoms with Gasteiger partial charge in [-0.15, -0.1) is 0 Å². The highest BCUT2D eigenvalue weighted by Crippen LogP contribution is 2.19. The molecule has 0 radical (unpaired) electrons. The predicted octanol–water partition coefficient (Wildman–Crippen LogP) is 2.30. The van der Waals surface area contributed by atoms with E-state index in [1.807, 2.05) is 0 Å². The van der Waals surface area contributed by atoms with Gasteiger partial charge in [0.1, 0.15) is 11.6 Å². The van der Waals surface area contributed by atoms with E-state index in [1.165, 1.54) is 18.2 Å². The fourth-order valence-corrected chi connectivity index (χ4v) is 1.88. The lowest BCUT2D eigenvalue weighted by molar-refractivity contribution is 0.256. The molecule has 1 rings (SSSR count). The van der Waals surface area contributed by atoms with Gasteiger partial charge in [0.2, 0.25) is 0 Å². The van der Waals surface area contributed by atoms with E-state index in [0.717, 1.165) is 26.1 Å². The molecule has 1 aromatic rings. The number of phenols is 1. The summed E-state index contributed by atoms with van der Waals surface area (Å²) < 4.78 is 13.1. The summed E-state index contributed by atoms with van der Waals surface area (Å²) in [4.78, 5) is 4.35. The zero-order chi connectivity index (χ0) is 13.5. The lowest BCUT2D eigenvalue weighted by atomic mass is 10.1. The largest absolute Gasteiger partial charge is 0.508 e. The van der Waals surface area contributed by atoms with Gasteiger partial charge in [0.05, 0.1) is 0 Å². The summed E-state index contributed by atoms with van der Waals surface area (Å²) in [7, 11) is 4.10. The summed E-state index contributed by atoms with van der Waals surface area (Å²) in [6.45, 7) is 5.54. The van der Waals surface area contributed by atoms with Crippen LogP contribution in [0.15, 0.2) is 18.2 Å². The van der Waals surface area contributed by atoms with E-state index in [1.54, 1.807) is 0 Å². The van der Waals surface area contributed by atoms with Crippen LogP contribution in [0.4, 0.5) is 4.39 Å². The predicted molar refractivity (Wildman–Crippen MR) is 72.2 cm³/mol. The topological polar surface area (TPSA) is 26.7 Å². The van der Waals surface area contributed by atoms with Gasteiger partial charge in [0.25, 0.3) is 0 Å². The Kier molecular flexibility index (Phi) is 6.09. The van der Waals surface area contributed by atoms with Gasteiger partial charge in [0.15, 0.2) is 0 Å². The molecule has 0 spiro atoms. The van der Waals surface area contributed by atoms with Gasteiger partial charge in [-0.05, 0) is 58.3 Å². The first-order valence-corrected chi connectivity index (χ1v) is 6.37. The van der Waals surface area contributed by atoms with Crippen molar-refractivity contribution < 1.29 is 9.50 Å². The number of rotatable bonds is 7. The molecule has 0 aliphatic rings. The van der Waals surface area contributed by atoms with Gasteiger partial charge in [0, 0.05) is 12.1 Å². The zero-order valence-electron chi connectivity index (χ0n) is 11.5. The van der Waals surface area contributed by atoms with Crippen molar-refractivity contribution in [2.24, 2.45) is 0 Å². The summed E-state index contributed by atoms with van der Waals surface area (Å²) in [6, 6.07) is 4.10. The van der Waals surface area contributed by atoms with Gasteiger partial charge in [-0.1, -0.05) is 6.92 Å². The van der Waals surface area contributed by atoms with Crippen LogP contribution in [0.2, 0.25) is 0 Å². The molecule has 0 fully saturated rings. The highest BCUT2D eigenvalue weighted by atomic mass is 19.1. The minimum atomic E-state index is -0.299. The van der Waals surface area contributed by atoms with Crippen LogP contribution in [0.1, 0.15) is 18.9 Å². The van der Waals surface area contributed by atoms with Gasteiger partial charge >= 0.3 is 0 Å². The fraction of sp³-hybridized carbons (Fsp3) is 0.571. The van der Waals surface area contributed by atoms with Gasteiger partial charge in [-0.25, -0.2) is 4.39 Å². The molecule has 0 heterocycles. The summed E-state index contributed by atoms with van der Waals surface area (Å²) in [5, 5.41) is 9.69. The normalized spacial score (nSPS) is 11.4. The standard InChI is InChI=1S/C14H23FN2O/c1-4-17(9-5-8-16(2)3)11-12-10-13(15)6-7-14(12)18/h6-7,10,18H,4-5,8-9,11H2,1-3H3. The Morgan fingerprint density at radius 3 is 2.56 bits per heavy atom. The molecule has 102 valence electrons. The third kappa shape index (κ3) is 5.02. The summed E-state index contributed by atoms with van der Waals surface area (Å²) in [6.07, 6.45) is 1.07. The van der Waals surface area contributed by atoms with Gasteiger partial charge in [-0.2, -0.15) is 0 Å². The molecule has 1 N–H and O–H groups in total. The van der Waals surface area contributed by atoms with Gasteiger partial charge in [-0.3, -0.25) is 4.90 Å². The number of hydrogen-bond acceptors (Lipinski definition) is 3. The van der Waals surface area contributed by atoms with Crippen molar-refractivity contribution in [3.63, 3.8) is 0 Å². The van der Waals surface area contributed by atoms with E-state index in [-0.39, 0.29) is 11.6 Å². The van der Waals surface area contributed by atoms with Crippen LogP contribution in [0.3, 0.4) is 0 Å². The molecule has 0 bridgehead atoms. The second kappa shape index (κ2) is 7.34. The minimum absolute atomic E-state index is 0.169. The van der Waals surface area contributed by atoms with E-state index in [9.17, 15) is 9.50 Å². The fourth-order valence-electron chi connectivity index (χ4n) is 1.88. The molecule has 0 atom stereocenters. The molecule has 1 aromatic carbocycles. The average molecular weight is 254 g/mol. The molecule has 0 aromatic heterocycles. The molecule has 0 unspecified atom stereocenters. The Bertz CT molecular complexity index is 369. The summed E-state index contributed by atoms with van der Waals surface area (Å²) in [5.74, 6) is -0.130. The maximum atomic E-state index is 13.1. The van der Waals surface area contributed by atoms with Crippen molar-refractivity contribution in [3.05, 3.63) is 29.6 Å². The van der Waals surface area contributed by atoms with Crippen LogP contribution in [-0.4, -0.2) is 48.6 Å². The first-order chi connectivity index (χ1) is 8.52. The van der Waals surface area contributed by atoms with Crippen LogP contribution in [0.25, 0.3) is 0 Å². The maximum Gasteiger partial charge on any atom is 0.123 e. The van der Waals surface area contributed by atoms with Crippen molar-refractivity contribution in [1.29, 1.82) is 0 Å². The number of benzene rings is 1. The molecule has 0 saturated heterocycles. The van der Waals surface area contributed by atoms with E-state index in [2.05, 4.69) is 30.8 Å². The molecule has 3 nitrogen and oxygen atoms in total. The van der Waals surface area contributed by atoms with Crippen LogP contribution in [0, 0.1) is 5.82 Å². The summed E-state index contributed by atoms with van der Waals surface area (Å²) in [5.41, 5.74) is 0.654. The number of phenolic OH excluding ortho intramolecular Hbond substituents is 1. The zero-order valence-corrected chi connectivity index (χ0v) is 11.5. The van der Waals surface area contributed by atoms with Crippen LogP contribution < -0.4 is 0 Å². The number of nitrogens with zero attached hydrogens (tertiary/aromatic N) is 2. The van der Waals surface area contributed by atoms with Crippen LogP contribution >= 0.6 is 0 Å². The lowest BCUT2D eigenvalue weighted by Crippen LogP contribution is -2.27. The Morgan fingerprint density at radius 2 is 1.94 bits per heavy atom. The quantitative estimate of drug-likeness (QED) is 0.809. The third-order valence-corrected chi connectivity index (χ3v) is 2.96. The maximum absolute atomic E-state index is 13.1. The number of hydrogen-bond donors (Lipinski definition) is 1. The Hall–Kier alpha value is -1.13. The number of aromatic hydroxyl groups is 1. The van der Waals surface area contributed by atoms with Crippen LogP contribution in [-0.2, 0) is 6.54 Å². The van der Waals surface area contributed by atoms with Crippen molar-refractivity contribution in [2.75, 3.05) is 33.7 Å². The minimum Gasteiger partial charge on any atom is -0.508 e. The van der Waals surface area contributed by atoms with E-state index < -0.39 is 0 Å². The van der Waals surface area contributed by atoms with E-state index in [4.69, 9.17) is 0 Å². The van der Waals surface area contributed by atoms with Crippen molar-refractivity contribution in [1.82, 2.24) is 9.80 Å². The molecule has 0 aliphatic heterocycles. The van der Waals surface area contributed by atoms with Crippen molar-refractivity contribution in [3.8, 4) is 5.75 Å². The number of halogens is 1. The first kappa shape index (κ1) is 14.9. The van der Waals surface area contributed by atoms with Crippen LogP contribution in [0.5, 0.6) is 5.75 Å². The molecule has 0 aliphatic carbocycles. The molecule has 0 amide bonds.